The molecule has 1 heterocycles. The average Bonchev–Trinajstić information content (AvgIpc) is 3.20. The number of carbonyl (C=O) groups is 1. The number of benzene rings is 2. The zero-order valence-electron chi connectivity index (χ0n) is 16.7. The molecule has 0 fully saturated rings. The standard InChI is InChI=1S/C20H21N3O5S3/c1-14-5-8-17(13-18(14)23-30(2,25)26)21-19(24)12-15-6-9-16(10-7-15)22-31(27,28)20-4-3-11-29-20/h3-11,13,22-23H,12H2,1-2H3,(H,21,24). The summed E-state index contributed by atoms with van der Waals surface area (Å²) in [5.74, 6) is -0.291. The summed E-state index contributed by atoms with van der Waals surface area (Å²) in [7, 11) is -7.06. The van der Waals surface area contributed by atoms with Gasteiger partial charge >= 0.3 is 0 Å². The van der Waals surface area contributed by atoms with E-state index < -0.39 is 20.0 Å². The number of carbonyl (C=O) groups excluding carboxylic acids is 1. The van der Waals surface area contributed by atoms with Crippen LogP contribution in [-0.2, 0) is 31.3 Å². The van der Waals surface area contributed by atoms with Gasteiger partial charge in [0.15, 0.2) is 0 Å². The molecule has 11 heteroatoms. The highest BCUT2D eigenvalue weighted by Crippen LogP contribution is 2.22. The Labute approximate surface area is 185 Å². The third kappa shape index (κ3) is 6.54. The maximum absolute atomic E-state index is 12.4. The predicted octanol–water partition coefficient (Wildman–Crippen LogP) is 3.41. The normalized spacial score (nSPS) is 11.7. The summed E-state index contributed by atoms with van der Waals surface area (Å²) in [6.07, 6.45) is 1.13. The highest BCUT2D eigenvalue weighted by molar-refractivity contribution is 7.94. The summed E-state index contributed by atoms with van der Waals surface area (Å²) in [5, 5.41) is 4.42. The Balaban J connectivity index is 1.63. The Bertz CT molecular complexity index is 1280. The van der Waals surface area contributed by atoms with E-state index in [1.165, 1.54) is 6.07 Å². The summed E-state index contributed by atoms with van der Waals surface area (Å²) in [6, 6.07) is 14.6. The minimum Gasteiger partial charge on any atom is -0.326 e. The van der Waals surface area contributed by atoms with Crippen molar-refractivity contribution in [1.29, 1.82) is 0 Å². The molecule has 0 aliphatic heterocycles. The van der Waals surface area contributed by atoms with Crippen LogP contribution in [0.15, 0.2) is 64.2 Å². The molecule has 2 aromatic carbocycles. The van der Waals surface area contributed by atoms with Crippen molar-refractivity contribution in [3.63, 3.8) is 0 Å². The maximum Gasteiger partial charge on any atom is 0.271 e. The molecule has 0 aliphatic rings. The Morgan fingerprint density at radius 3 is 2.23 bits per heavy atom. The Kier molecular flexibility index (Phi) is 6.68. The third-order valence-electron chi connectivity index (χ3n) is 4.15. The SMILES string of the molecule is Cc1ccc(NC(=O)Cc2ccc(NS(=O)(=O)c3cccs3)cc2)cc1NS(C)(=O)=O. The molecule has 3 N–H and O–H groups in total. The molecule has 3 rings (SSSR count). The maximum atomic E-state index is 12.4. The monoisotopic (exact) mass is 479 g/mol. The number of aryl methyl sites for hydroxylation is 1. The Hall–Kier alpha value is -2.89. The van der Waals surface area contributed by atoms with Crippen molar-refractivity contribution in [3.05, 3.63) is 71.1 Å². The van der Waals surface area contributed by atoms with Gasteiger partial charge in [-0.05, 0) is 53.8 Å². The first kappa shape index (κ1) is 22.8. The van der Waals surface area contributed by atoms with Crippen molar-refractivity contribution in [2.45, 2.75) is 17.6 Å². The first-order valence-corrected chi connectivity index (χ1v) is 13.3. The topological polar surface area (TPSA) is 121 Å². The van der Waals surface area contributed by atoms with Crippen LogP contribution in [0.5, 0.6) is 0 Å². The molecule has 0 aliphatic carbocycles. The van der Waals surface area contributed by atoms with Crippen molar-refractivity contribution >= 4 is 54.4 Å². The number of thiophene rings is 1. The molecular weight excluding hydrogens is 458 g/mol. The molecular formula is C20H21N3O5S3. The molecule has 1 amide bonds. The van der Waals surface area contributed by atoms with Gasteiger partial charge in [-0.1, -0.05) is 24.3 Å². The second-order valence-corrected chi connectivity index (χ2v) is 11.5. The van der Waals surface area contributed by atoms with Crippen LogP contribution < -0.4 is 14.8 Å². The molecule has 0 saturated heterocycles. The zero-order chi connectivity index (χ0) is 22.6. The summed E-state index contributed by atoms with van der Waals surface area (Å²) in [5.41, 5.74) is 2.67. The van der Waals surface area contributed by atoms with Crippen LogP contribution in [0.3, 0.4) is 0 Å². The lowest BCUT2D eigenvalue weighted by atomic mass is 10.1. The Morgan fingerprint density at radius 2 is 1.61 bits per heavy atom. The van der Waals surface area contributed by atoms with Gasteiger partial charge in [0.2, 0.25) is 15.9 Å². The molecule has 8 nitrogen and oxygen atoms in total. The number of anilines is 3. The second-order valence-electron chi connectivity index (χ2n) is 6.86. The molecule has 3 aromatic rings. The molecule has 164 valence electrons. The summed E-state index contributed by atoms with van der Waals surface area (Å²) < 4.78 is 52.6. The highest BCUT2D eigenvalue weighted by atomic mass is 32.2. The fourth-order valence-corrected chi connectivity index (χ4v) is 5.38. The number of rotatable bonds is 8. The van der Waals surface area contributed by atoms with Crippen molar-refractivity contribution in [1.82, 2.24) is 0 Å². The lowest BCUT2D eigenvalue weighted by molar-refractivity contribution is -0.115. The smallest absolute Gasteiger partial charge is 0.271 e. The Morgan fingerprint density at radius 1 is 0.935 bits per heavy atom. The zero-order valence-corrected chi connectivity index (χ0v) is 19.2. The van der Waals surface area contributed by atoms with Gasteiger partial charge in [0.1, 0.15) is 4.21 Å². The second kappa shape index (κ2) is 9.08. The van der Waals surface area contributed by atoms with Crippen molar-refractivity contribution in [2.24, 2.45) is 0 Å². The van der Waals surface area contributed by atoms with E-state index >= 15 is 0 Å². The van der Waals surface area contributed by atoms with Crippen molar-refractivity contribution in [3.8, 4) is 0 Å². The number of amides is 1. The minimum absolute atomic E-state index is 0.0701. The van der Waals surface area contributed by atoms with Gasteiger partial charge in [0.25, 0.3) is 10.0 Å². The van der Waals surface area contributed by atoms with E-state index in [1.54, 1.807) is 60.8 Å². The van der Waals surface area contributed by atoms with Crippen LogP contribution in [0.2, 0.25) is 0 Å². The highest BCUT2D eigenvalue weighted by Gasteiger charge is 2.15. The molecule has 0 radical (unpaired) electrons. The van der Waals surface area contributed by atoms with Crippen molar-refractivity contribution < 1.29 is 21.6 Å². The number of hydrogen-bond donors (Lipinski definition) is 3. The quantitative estimate of drug-likeness (QED) is 0.457. The molecule has 0 bridgehead atoms. The van der Waals surface area contributed by atoms with Crippen LogP contribution in [-0.4, -0.2) is 29.0 Å². The van der Waals surface area contributed by atoms with E-state index in [2.05, 4.69) is 14.8 Å². The van der Waals surface area contributed by atoms with E-state index in [9.17, 15) is 21.6 Å². The fraction of sp³-hybridized carbons (Fsp3) is 0.150. The largest absolute Gasteiger partial charge is 0.326 e. The van der Waals surface area contributed by atoms with Crippen LogP contribution in [0.4, 0.5) is 17.1 Å². The summed E-state index contributed by atoms with van der Waals surface area (Å²) in [6.45, 7) is 1.76. The van der Waals surface area contributed by atoms with E-state index in [0.29, 0.717) is 22.6 Å². The average molecular weight is 480 g/mol. The van der Waals surface area contributed by atoms with E-state index in [-0.39, 0.29) is 16.5 Å². The third-order valence-corrected chi connectivity index (χ3v) is 7.52. The predicted molar refractivity (Wildman–Crippen MR) is 124 cm³/mol. The molecule has 0 atom stereocenters. The van der Waals surface area contributed by atoms with Crippen molar-refractivity contribution in [2.75, 3.05) is 21.0 Å². The van der Waals surface area contributed by atoms with Gasteiger partial charge in [0.05, 0.1) is 18.4 Å². The molecule has 0 saturated carbocycles. The van der Waals surface area contributed by atoms with Crippen LogP contribution in [0.1, 0.15) is 11.1 Å². The molecule has 0 unspecified atom stereocenters. The van der Waals surface area contributed by atoms with E-state index in [1.807, 2.05) is 0 Å². The first-order valence-electron chi connectivity index (χ1n) is 9.05. The van der Waals surface area contributed by atoms with Gasteiger partial charge in [-0.15, -0.1) is 11.3 Å². The van der Waals surface area contributed by atoms with Gasteiger partial charge in [-0.3, -0.25) is 14.2 Å². The lowest BCUT2D eigenvalue weighted by Gasteiger charge is -2.11. The number of sulfonamides is 2. The number of nitrogens with one attached hydrogen (secondary N) is 3. The molecule has 31 heavy (non-hydrogen) atoms. The van der Waals surface area contributed by atoms with E-state index in [4.69, 9.17) is 0 Å². The van der Waals surface area contributed by atoms with Gasteiger partial charge in [-0.25, -0.2) is 16.8 Å². The fourth-order valence-electron chi connectivity index (χ4n) is 2.71. The van der Waals surface area contributed by atoms with Crippen LogP contribution >= 0.6 is 11.3 Å². The van der Waals surface area contributed by atoms with Crippen LogP contribution in [0, 0.1) is 6.92 Å². The van der Waals surface area contributed by atoms with Gasteiger partial charge in [-0.2, -0.15) is 0 Å². The van der Waals surface area contributed by atoms with E-state index in [0.717, 1.165) is 23.2 Å². The molecule has 0 spiro atoms. The van der Waals surface area contributed by atoms with Crippen LogP contribution in [0.25, 0.3) is 0 Å². The van der Waals surface area contributed by atoms with Gasteiger partial charge < -0.3 is 5.32 Å². The number of hydrogen-bond acceptors (Lipinski definition) is 6. The van der Waals surface area contributed by atoms with Gasteiger partial charge in [0, 0.05) is 11.4 Å². The first-order chi connectivity index (χ1) is 14.5. The summed E-state index contributed by atoms with van der Waals surface area (Å²) in [4.78, 5) is 12.4. The summed E-state index contributed by atoms with van der Waals surface area (Å²) >= 11 is 1.12. The molecule has 1 aromatic heterocycles. The minimum atomic E-state index is -3.63. The lowest BCUT2D eigenvalue weighted by Crippen LogP contribution is -2.16.